The summed E-state index contributed by atoms with van der Waals surface area (Å²) in [5.74, 6) is 0.895. The van der Waals surface area contributed by atoms with Crippen LogP contribution in [0.15, 0.2) is 60.7 Å². The van der Waals surface area contributed by atoms with Gasteiger partial charge in [0.2, 0.25) is 0 Å². The summed E-state index contributed by atoms with van der Waals surface area (Å²) in [6.45, 7) is 4.97. The summed E-state index contributed by atoms with van der Waals surface area (Å²) >= 11 is 0. The molecule has 0 radical (unpaired) electrons. The Hall–Kier alpha value is -2.95. The van der Waals surface area contributed by atoms with Crippen LogP contribution in [0.4, 0.5) is 18.9 Å². The van der Waals surface area contributed by atoms with Crippen molar-refractivity contribution < 1.29 is 17.9 Å². The Balaban J connectivity index is 1.39. The highest BCUT2D eigenvalue weighted by molar-refractivity contribution is 5.80. The van der Waals surface area contributed by atoms with Gasteiger partial charge in [0.25, 0.3) is 0 Å². The van der Waals surface area contributed by atoms with Crippen molar-refractivity contribution in [2.75, 3.05) is 12.3 Å². The Labute approximate surface area is 239 Å². The highest BCUT2D eigenvalue weighted by Crippen LogP contribution is 2.36. The smallest absolute Gasteiger partial charge is 0.389 e. The molecule has 218 valence electrons. The Morgan fingerprint density at radius 2 is 1.02 bits per heavy atom. The van der Waals surface area contributed by atoms with Crippen LogP contribution in [0.25, 0.3) is 22.3 Å². The van der Waals surface area contributed by atoms with Gasteiger partial charge in [-0.15, -0.1) is 0 Å². The van der Waals surface area contributed by atoms with E-state index in [2.05, 4.69) is 62.4 Å². The molecule has 0 saturated heterocycles. The first-order valence-electron chi connectivity index (χ1n) is 15.0. The van der Waals surface area contributed by atoms with Crippen molar-refractivity contribution in [1.82, 2.24) is 0 Å². The Morgan fingerprint density at radius 3 is 1.50 bits per heavy atom. The van der Waals surface area contributed by atoms with E-state index in [0.29, 0.717) is 13.0 Å². The molecule has 0 aliphatic carbocycles. The summed E-state index contributed by atoms with van der Waals surface area (Å²) in [7, 11) is 0. The molecule has 0 aliphatic heterocycles. The molecule has 0 aromatic heterocycles. The number of aryl methyl sites for hydroxylation is 1. The molecule has 3 aromatic rings. The van der Waals surface area contributed by atoms with Crippen molar-refractivity contribution in [1.29, 1.82) is 0 Å². The molecule has 5 heteroatoms. The molecular weight excluding hydrogens is 507 g/mol. The number of anilines is 1. The van der Waals surface area contributed by atoms with E-state index < -0.39 is 12.6 Å². The molecule has 0 heterocycles. The molecule has 3 rings (SSSR count). The first-order chi connectivity index (χ1) is 19.2. The molecular formula is C35H46F3NO. The van der Waals surface area contributed by atoms with Crippen LogP contribution in [0.5, 0.6) is 5.75 Å². The van der Waals surface area contributed by atoms with Gasteiger partial charge in [-0.3, -0.25) is 0 Å². The zero-order valence-electron chi connectivity index (χ0n) is 24.3. The van der Waals surface area contributed by atoms with Crippen LogP contribution >= 0.6 is 0 Å². The summed E-state index contributed by atoms with van der Waals surface area (Å²) < 4.78 is 42.7. The minimum atomic E-state index is -4.00. The SMILES string of the molecule is Cc1ccc(-c2cc(OCCCCCCCCCCCCCCC(F)(F)F)cc(-c3ccc(N)cc3)c2C)cc1. The third kappa shape index (κ3) is 11.3. The zero-order valence-corrected chi connectivity index (χ0v) is 24.3. The molecule has 0 bridgehead atoms. The minimum absolute atomic E-state index is 0.273. The van der Waals surface area contributed by atoms with Gasteiger partial charge in [-0.2, -0.15) is 13.2 Å². The second-order valence-corrected chi connectivity index (χ2v) is 11.1. The number of ether oxygens (including phenoxy) is 1. The predicted octanol–water partition coefficient (Wildman–Crippen LogP) is 11.2. The number of nitrogen functional groups attached to an aromatic ring is 1. The molecule has 0 aliphatic rings. The van der Waals surface area contributed by atoms with Crippen LogP contribution in [0.2, 0.25) is 0 Å². The van der Waals surface area contributed by atoms with Gasteiger partial charge in [-0.05, 0) is 78.8 Å². The van der Waals surface area contributed by atoms with Crippen LogP contribution in [0.1, 0.15) is 94.6 Å². The van der Waals surface area contributed by atoms with Gasteiger partial charge in [0.15, 0.2) is 0 Å². The minimum Gasteiger partial charge on any atom is -0.494 e. The number of hydrogen-bond donors (Lipinski definition) is 1. The van der Waals surface area contributed by atoms with E-state index >= 15 is 0 Å². The van der Waals surface area contributed by atoms with Gasteiger partial charge >= 0.3 is 6.18 Å². The number of unbranched alkanes of at least 4 members (excludes halogenated alkanes) is 11. The van der Waals surface area contributed by atoms with Gasteiger partial charge in [0.1, 0.15) is 5.75 Å². The number of nitrogens with two attached hydrogens (primary N) is 1. The van der Waals surface area contributed by atoms with E-state index in [4.69, 9.17) is 10.5 Å². The highest BCUT2D eigenvalue weighted by Gasteiger charge is 2.25. The summed E-state index contributed by atoms with van der Waals surface area (Å²) in [5, 5.41) is 0. The standard InChI is InChI=1S/C35H46F3NO/c1-27-15-17-29(18-16-27)33-25-32(26-34(28(33)2)30-19-21-31(39)22-20-30)40-24-14-12-10-8-6-4-3-5-7-9-11-13-23-35(36,37)38/h15-22,25-26H,3-14,23-24,39H2,1-2H3. The second-order valence-electron chi connectivity index (χ2n) is 11.1. The summed E-state index contributed by atoms with van der Waals surface area (Å²) in [4.78, 5) is 0. The number of rotatable bonds is 17. The lowest BCUT2D eigenvalue weighted by molar-refractivity contribution is -0.135. The van der Waals surface area contributed by atoms with Crippen LogP contribution < -0.4 is 10.5 Å². The third-order valence-corrected chi connectivity index (χ3v) is 7.59. The molecule has 0 saturated carbocycles. The van der Waals surface area contributed by atoms with Gasteiger partial charge in [-0.1, -0.05) is 106 Å². The number of hydrogen-bond acceptors (Lipinski definition) is 2. The van der Waals surface area contributed by atoms with E-state index in [-0.39, 0.29) is 6.42 Å². The molecule has 0 atom stereocenters. The maximum absolute atomic E-state index is 12.1. The number of alkyl halides is 3. The van der Waals surface area contributed by atoms with E-state index in [1.807, 2.05) is 12.1 Å². The maximum Gasteiger partial charge on any atom is 0.389 e. The molecule has 2 nitrogen and oxygen atoms in total. The zero-order chi connectivity index (χ0) is 28.8. The van der Waals surface area contributed by atoms with E-state index in [0.717, 1.165) is 54.7 Å². The largest absolute Gasteiger partial charge is 0.494 e. The van der Waals surface area contributed by atoms with Gasteiger partial charge in [0, 0.05) is 12.1 Å². The van der Waals surface area contributed by atoms with Crippen molar-refractivity contribution >= 4 is 5.69 Å². The fraction of sp³-hybridized carbons (Fsp3) is 0.486. The normalized spacial score (nSPS) is 11.6. The van der Waals surface area contributed by atoms with Crippen molar-refractivity contribution in [2.45, 2.75) is 103 Å². The molecule has 2 N–H and O–H groups in total. The third-order valence-electron chi connectivity index (χ3n) is 7.59. The maximum atomic E-state index is 12.1. The lowest BCUT2D eigenvalue weighted by Crippen LogP contribution is -2.06. The van der Waals surface area contributed by atoms with Crippen LogP contribution in [0, 0.1) is 13.8 Å². The molecule has 0 spiro atoms. The van der Waals surface area contributed by atoms with E-state index in [9.17, 15) is 13.2 Å². The van der Waals surface area contributed by atoms with Crippen LogP contribution in [0.3, 0.4) is 0 Å². The van der Waals surface area contributed by atoms with Gasteiger partial charge in [-0.25, -0.2) is 0 Å². The molecule has 3 aromatic carbocycles. The molecule has 0 amide bonds. The number of benzene rings is 3. The molecule has 0 unspecified atom stereocenters. The van der Waals surface area contributed by atoms with E-state index in [1.54, 1.807) is 0 Å². The van der Waals surface area contributed by atoms with Gasteiger partial charge < -0.3 is 10.5 Å². The first-order valence-corrected chi connectivity index (χ1v) is 15.0. The summed E-state index contributed by atoms with van der Waals surface area (Å²) in [6, 6.07) is 21.0. The van der Waals surface area contributed by atoms with Crippen LogP contribution in [-0.4, -0.2) is 12.8 Å². The van der Waals surface area contributed by atoms with Crippen molar-refractivity contribution in [3.63, 3.8) is 0 Å². The van der Waals surface area contributed by atoms with Crippen molar-refractivity contribution in [3.05, 3.63) is 71.8 Å². The second kappa shape index (κ2) is 16.3. The average Bonchev–Trinajstić information content (AvgIpc) is 2.92. The van der Waals surface area contributed by atoms with Gasteiger partial charge in [0.05, 0.1) is 6.61 Å². The first kappa shape index (κ1) is 31.6. The Morgan fingerprint density at radius 1 is 0.600 bits per heavy atom. The fourth-order valence-corrected chi connectivity index (χ4v) is 5.15. The van der Waals surface area contributed by atoms with Crippen LogP contribution in [-0.2, 0) is 0 Å². The monoisotopic (exact) mass is 553 g/mol. The summed E-state index contributed by atoms with van der Waals surface area (Å²) in [5.41, 5.74) is 13.8. The molecule has 40 heavy (non-hydrogen) atoms. The predicted molar refractivity (Wildman–Crippen MR) is 163 cm³/mol. The number of halogens is 3. The van der Waals surface area contributed by atoms with E-state index in [1.165, 1.54) is 54.4 Å². The van der Waals surface area contributed by atoms with Crippen molar-refractivity contribution in [2.24, 2.45) is 0 Å². The Bertz CT molecular complexity index is 1070. The quantitative estimate of drug-likeness (QED) is 0.133. The average molecular weight is 554 g/mol. The highest BCUT2D eigenvalue weighted by atomic mass is 19.4. The fourth-order valence-electron chi connectivity index (χ4n) is 5.15. The topological polar surface area (TPSA) is 35.2 Å². The Kier molecular flexibility index (Phi) is 12.9. The lowest BCUT2D eigenvalue weighted by atomic mass is 9.92. The molecule has 0 fully saturated rings. The lowest BCUT2D eigenvalue weighted by Gasteiger charge is -2.16. The summed E-state index contributed by atoms with van der Waals surface area (Å²) in [6.07, 6.45) is 7.71. The van der Waals surface area contributed by atoms with Crippen molar-refractivity contribution in [3.8, 4) is 28.0 Å².